The van der Waals surface area contributed by atoms with E-state index in [0.717, 1.165) is 17.3 Å². The second kappa shape index (κ2) is 9.57. The van der Waals surface area contributed by atoms with E-state index in [2.05, 4.69) is 0 Å². The van der Waals surface area contributed by atoms with Gasteiger partial charge in [0.1, 0.15) is 21.9 Å². The molecule has 1 amide bonds. The summed E-state index contributed by atoms with van der Waals surface area (Å²) in [5.74, 6) is 0.117. The van der Waals surface area contributed by atoms with Crippen LogP contribution < -0.4 is 0 Å². The van der Waals surface area contributed by atoms with Crippen LogP contribution in [0.1, 0.15) is 12.2 Å². The van der Waals surface area contributed by atoms with Crippen LogP contribution in [0.5, 0.6) is 0 Å². The van der Waals surface area contributed by atoms with Gasteiger partial charge < -0.3 is 9.52 Å². The third-order valence-electron chi connectivity index (χ3n) is 4.12. The van der Waals surface area contributed by atoms with Crippen molar-refractivity contribution in [1.82, 2.24) is 4.90 Å². The molecule has 1 N–H and O–H groups in total. The minimum Gasteiger partial charge on any atom is -0.480 e. The average Bonchev–Trinajstić information content (AvgIpc) is 3.24. The third kappa shape index (κ3) is 5.00. The molecule has 1 fully saturated rings. The number of benzene rings is 1. The molecule has 2 aromatic rings. The van der Waals surface area contributed by atoms with E-state index >= 15 is 0 Å². The number of nitrogens with zero attached hydrogens (tertiary/aromatic N) is 1. The van der Waals surface area contributed by atoms with Crippen LogP contribution in [0.25, 0.3) is 17.4 Å². The van der Waals surface area contributed by atoms with Crippen molar-refractivity contribution in [1.29, 1.82) is 0 Å². The smallest absolute Gasteiger partial charge is 0.326 e. The maximum Gasteiger partial charge on any atom is 0.326 e. The topological polar surface area (TPSA) is 70.8 Å². The summed E-state index contributed by atoms with van der Waals surface area (Å²) in [6, 6.07) is 7.63. The zero-order valence-electron chi connectivity index (χ0n) is 15.1. The summed E-state index contributed by atoms with van der Waals surface area (Å²) in [6.45, 7) is 0. The molecule has 0 aliphatic carbocycles. The predicted molar refractivity (Wildman–Crippen MR) is 124 cm³/mol. The molecule has 0 spiro atoms. The van der Waals surface area contributed by atoms with Gasteiger partial charge in [-0.25, -0.2) is 4.79 Å². The summed E-state index contributed by atoms with van der Waals surface area (Å²) in [6.07, 6.45) is 3.76. The first-order chi connectivity index (χ1) is 13.8. The van der Waals surface area contributed by atoms with Crippen LogP contribution in [-0.2, 0) is 9.59 Å². The number of hydrogen-bond acceptors (Lipinski definition) is 6. The molecule has 5 nitrogen and oxygen atoms in total. The number of carboxylic acids is 1. The van der Waals surface area contributed by atoms with E-state index in [1.807, 2.05) is 6.26 Å². The van der Waals surface area contributed by atoms with Gasteiger partial charge in [-0.05, 0) is 48.8 Å². The number of rotatable bonds is 7. The molecule has 29 heavy (non-hydrogen) atoms. The van der Waals surface area contributed by atoms with Crippen molar-refractivity contribution in [3.8, 4) is 11.3 Å². The van der Waals surface area contributed by atoms with Gasteiger partial charge in [-0.15, -0.1) is 0 Å². The van der Waals surface area contributed by atoms with Gasteiger partial charge in [-0.1, -0.05) is 47.2 Å². The van der Waals surface area contributed by atoms with Crippen molar-refractivity contribution < 1.29 is 19.1 Å². The molecule has 152 valence electrons. The number of carbonyl (C=O) groups is 2. The van der Waals surface area contributed by atoms with Crippen molar-refractivity contribution >= 4 is 81.2 Å². The highest BCUT2D eigenvalue weighted by Crippen LogP contribution is 2.36. The Morgan fingerprint density at radius 3 is 2.76 bits per heavy atom. The van der Waals surface area contributed by atoms with Crippen LogP contribution in [0.3, 0.4) is 0 Å². The average molecular weight is 488 g/mol. The van der Waals surface area contributed by atoms with Crippen LogP contribution in [0.2, 0.25) is 10.0 Å². The highest BCUT2D eigenvalue weighted by molar-refractivity contribution is 8.26. The first kappa shape index (κ1) is 22.2. The summed E-state index contributed by atoms with van der Waals surface area (Å²) in [5.41, 5.74) is 0.745. The lowest BCUT2D eigenvalue weighted by molar-refractivity contribution is -0.145. The van der Waals surface area contributed by atoms with Gasteiger partial charge >= 0.3 is 5.97 Å². The summed E-state index contributed by atoms with van der Waals surface area (Å²) >= 11 is 19.8. The van der Waals surface area contributed by atoms with Crippen molar-refractivity contribution in [2.75, 3.05) is 12.0 Å². The van der Waals surface area contributed by atoms with Gasteiger partial charge in [0, 0.05) is 11.6 Å². The molecule has 1 aromatic carbocycles. The molecule has 3 rings (SSSR count). The second-order valence-electron chi connectivity index (χ2n) is 6.02. The SMILES string of the molecule is CSCCC(C(=O)O)N1C(=O)/C(=C\c2ccc(-c3ccc(Cl)c(Cl)c3)o2)SC1=S. The molecular weight excluding hydrogens is 473 g/mol. The van der Waals surface area contributed by atoms with Crippen molar-refractivity contribution in [3.63, 3.8) is 0 Å². The number of furan rings is 1. The first-order valence-electron chi connectivity index (χ1n) is 8.36. The van der Waals surface area contributed by atoms with Gasteiger partial charge in [-0.3, -0.25) is 9.69 Å². The molecule has 0 saturated carbocycles. The van der Waals surface area contributed by atoms with Crippen LogP contribution in [0, 0.1) is 0 Å². The van der Waals surface area contributed by atoms with Crippen LogP contribution in [0.4, 0.5) is 0 Å². The summed E-state index contributed by atoms with van der Waals surface area (Å²) < 4.78 is 6.02. The predicted octanol–water partition coefficient (Wildman–Crippen LogP) is 5.66. The molecular formula is C19H15Cl2NO4S3. The molecule has 0 radical (unpaired) electrons. The highest BCUT2D eigenvalue weighted by Gasteiger charge is 2.40. The number of carboxylic acid groups (broad SMARTS) is 1. The monoisotopic (exact) mass is 487 g/mol. The highest BCUT2D eigenvalue weighted by atomic mass is 35.5. The summed E-state index contributed by atoms with van der Waals surface area (Å²) in [5, 5.41) is 10.4. The Morgan fingerprint density at radius 2 is 2.10 bits per heavy atom. The normalized spacial score (nSPS) is 16.7. The van der Waals surface area contributed by atoms with Crippen LogP contribution >= 0.6 is 58.9 Å². The standard InChI is InChI=1S/C19H15Cl2NO4S3/c1-28-7-6-14(18(24)25)22-17(23)16(29-19(22)27)9-11-3-5-15(26-11)10-2-4-12(20)13(21)8-10/h2-5,8-9,14H,6-7H2,1H3,(H,24,25)/b16-9+. The van der Waals surface area contributed by atoms with Crippen LogP contribution in [0.15, 0.2) is 39.7 Å². The molecule has 1 unspecified atom stereocenters. The fraction of sp³-hybridized carbons (Fsp3) is 0.211. The summed E-state index contributed by atoms with van der Waals surface area (Å²) in [4.78, 5) is 25.9. The molecule has 0 bridgehead atoms. The molecule has 1 atom stereocenters. The van der Waals surface area contributed by atoms with Crippen molar-refractivity contribution in [3.05, 3.63) is 51.0 Å². The van der Waals surface area contributed by atoms with Gasteiger partial charge in [0.05, 0.1) is 15.0 Å². The number of amides is 1. The maximum absolute atomic E-state index is 12.8. The molecule has 1 saturated heterocycles. The fourth-order valence-corrected chi connectivity index (χ4v) is 4.80. The Hall–Kier alpha value is -1.45. The Bertz CT molecular complexity index is 1010. The minimum atomic E-state index is -1.07. The van der Waals surface area contributed by atoms with Gasteiger partial charge in [0.25, 0.3) is 5.91 Å². The number of hydrogen-bond donors (Lipinski definition) is 1. The lowest BCUT2D eigenvalue weighted by atomic mass is 10.2. The quantitative estimate of drug-likeness (QED) is 0.398. The third-order valence-corrected chi connectivity index (χ3v) is 6.83. The van der Waals surface area contributed by atoms with Gasteiger partial charge in [0.15, 0.2) is 0 Å². The molecule has 2 heterocycles. The first-order valence-corrected chi connectivity index (χ1v) is 11.7. The number of carbonyl (C=O) groups excluding carboxylic acids is 1. The Kier molecular flexibility index (Phi) is 7.34. The largest absolute Gasteiger partial charge is 0.480 e. The Balaban J connectivity index is 1.83. The number of thiocarbonyl (C=S) groups is 1. The fourth-order valence-electron chi connectivity index (χ4n) is 2.71. The lowest BCUT2D eigenvalue weighted by Crippen LogP contribution is -2.44. The van der Waals surface area contributed by atoms with E-state index in [1.54, 1.807) is 36.4 Å². The van der Waals surface area contributed by atoms with Gasteiger partial charge in [0.2, 0.25) is 0 Å². The van der Waals surface area contributed by atoms with E-state index in [-0.39, 0.29) is 4.32 Å². The number of thioether (sulfide) groups is 2. The molecule has 1 aliphatic rings. The van der Waals surface area contributed by atoms with E-state index in [1.165, 1.54) is 16.7 Å². The minimum absolute atomic E-state index is 0.228. The van der Waals surface area contributed by atoms with Crippen molar-refractivity contribution in [2.24, 2.45) is 0 Å². The number of aliphatic carboxylic acids is 1. The van der Waals surface area contributed by atoms with Crippen LogP contribution in [-0.4, -0.2) is 44.3 Å². The number of halogens is 2. The van der Waals surface area contributed by atoms with E-state index < -0.39 is 17.9 Å². The zero-order valence-corrected chi connectivity index (χ0v) is 19.0. The Labute approximate surface area is 191 Å². The Morgan fingerprint density at radius 1 is 1.34 bits per heavy atom. The molecule has 10 heteroatoms. The summed E-state index contributed by atoms with van der Waals surface area (Å²) in [7, 11) is 0. The molecule has 1 aromatic heterocycles. The van der Waals surface area contributed by atoms with E-state index in [4.69, 9.17) is 39.8 Å². The zero-order chi connectivity index (χ0) is 21.1. The lowest BCUT2D eigenvalue weighted by Gasteiger charge is -2.22. The maximum atomic E-state index is 12.8. The molecule has 1 aliphatic heterocycles. The van der Waals surface area contributed by atoms with E-state index in [0.29, 0.717) is 38.6 Å². The van der Waals surface area contributed by atoms with Gasteiger partial charge in [-0.2, -0.15) is 11.8 Å². The van der Waals surface area contributed by atoms with E-state index in [9.17, 15) is 14.7 Å². The van der Waals surface area contributed by atoms with Crippen molar-refractivity contribution in [2.45, 2.75) is 12.5 Å². The second-order valence-corrected chi connectivity index (χ2v) is 9.49.